The van der Waals surface area contributed by atoms with Crippen molar-refractivity contribution < 1.29 is 57.2 Å². The predicted molar refractivity (Wildman–Crippen MR) is 102 cm³/mol. The fraction of sp³-hybridized carbons (Fsp3) is 0.478. The summed E-state index contributed by atoms with van der Waals surface area (Å²) in [7, 11) is 0. The Balaban J connectivity index is 0.00000169. The van der Waals surface area contributed by atoms with Crippen LogP contribution in [-0.4, -0.2) is 0 Å². The maximum atomic E-state index is 2.54. The van der Waals surface area contributed by atoms with E-state index < -0.39 is 23.2 Å². The minimum atomic E-state index is -0.711. The molecule has 0 saturated heterocycles. The smallest absolute Gasteiger partial charge is 1.00 e. The summed E-state index contributed by atoms with van der Waals surface area (Å²) >= 11 is -0.711. The summed E-state index contributed by atoms with van der Waals surface area (Å²) in [4.78, 5) is 0. The molecule has 1 aromatic carbocycles. The van der Waals surface area contributed by atoms with Crippen molar-refractivity contribution in [2.75, 3.05) is 0 Å². The molecule has 0 nitrogen and oxygen atoms in total. The molecule has 26 heavy (non-hydrogen) atoms. The zero-order valence-corrected chi connectivity index (χ0v) is 22.5. The quantitative estimate of drug-likeness (QED) is 0.512. The molecule has 3 heteroatoms. The Morgan fingerprint density at radius 1 is 0.962 bits per heavy atom. The van der Waals surface area contributed by atoms with E-state index in [9.17, 15) is 0 Å². The Hall–Kier alpha value is 0.283. The van der Waals surface area contributed by atoms with Gasteiger partial charge in [-0.05, 0) is 0 Å². The summed E-state index contributed by atoms with van der Waals surface area (Å²) in [6.45, 7) is 14.3. The van der Waals surface area contributed by atoms with Gasteiger partial charge in [-0.1, -0.05) is 0 Å². The van der Waals surface area contributed by atoms with Gasteiger partial charge in [0.2, 0.25) is 0 Å². The molecular formula is C23H30Br2Zr. The Morgan fingerprint density at radius 3 is 2.12 bits per heavy atom. The molecule has 0 N–H and O–H groups in total. The summed E-state index contributed by atoms with van der Waals surface area (Å²) in [6.07, 6.45) is 6.43. The third kappa shape index (κ3) is 4.16. The van der Waals surface area contributed by atoms with Crippen molar-refractivity contribution in [3.63, 3.8) is 0 Å². The largest absolute Gasteiger partial charge is 1.00 e. The molecule has 0 aliphatic heterocycles. The van der Waals surface area contributed by atoms with Gasteiger partial charge < -0.3 is 34.0 Å². The van der Waals surface area contributed by atoms with E-state index in [-0.39, 0.29) is 34.0 Å². The van der Waals surface area contributed by atoms with E-state index in [4.69, 9.17) is 0 Å². The topological polar surface area (TPSA) is 0 Å². The number of hydrogen-bond acceptors (Lipinski definition) is 0. The Kier molecular flexibility index (Phi) is 9.04. The first kappa shape index (κ1) is 24.3. The van der Waals surface area contributed by atoms with Crippen LogP contribution in [0.25, 0.3) is 6.08 Å². The van der Waals surface area contributed by atoms with Gasteiger partial charge in [-0.25, -0.2) is 0 Å². The summed E-state index contributed by atoms with van der Waals surface area (Å²) in [5.74, 6) is 0. The van der Waals surface area contributed by atoms with E-state index in [1.807, 2.05) is 0 Å². The van der Waals surface area contributed by atoms with Crippen molar-refractivity contribution in [1.29, 1.82) is 0 Å². The molecule has 1 unspecified atom stereocenters. The zero-order chi connectivity index (χ0) is 17.5. The van der Waals surface area contributed by atoms with E-state index >= 15 is 0 Å². The third-order valence-corrected chi connectivity index (χ3v) is 12.1. The van der Waals surface area contributed by atoms with Crippen molar-refractivity contribution in [2.45, 2.75) is 67.6 Å². The van der Waals surface area contributed by atoms with E-state index in [0.29, 0.717) is 3.12 Å². The van der Waals surface area contributed by atoms with Gasteiger partial charge in [0, 0.05) is 0 Å². The first-order valence-electron chi connectivity index (χ1n) is 9.33. The van der Waals surface area contributed by atoms with Gasteiger partial charge in [0.1, 0.15) is 0 Å². The molecule has 3 rings (SSSR count). The monoisotopic (exact) mass is 554 g/mol. The molecular weight excluding hydrogens is 527 g/mol. The first-order chi connectivity index (χ1) is 11.4. The van der Waals surface area contributed by atoms with Gasteiger partial charge in [-0.2, -0.15) is 0 Å². The van der Waals surface area contributed by atoms with Crippen molar-refractivity contribution >= 4 is 6.08 Å². The van der Waals surface area contributed by atoms with Crippen LogP contribution in [0.5, 0.6) is 0 Å². The Morgan fingerprint density at radius 2 is 1.54 bits per heavy atom. The molecule has 0 amide bonds. The van der Waals surface area contributed by atoms with Gasteiger partial charge in [-0.3, -0.25) is 0 Å². The molecule has 1 aromatic rings. The molecule has 140 valence electrons. The van der Waals surface area contributed by atoms with Crippen LogP contribution < -0.4 is 34.0 Å². The second kappa shape index (κ2) is 9.66. The number of halogens is 2. The number of fused-ring (bicyclic) bond motifs is 1. The van der Waals surface area contributed by atoms with Crippen LogP contribution in [0.15, 0.2) is 52.1 Å². The minimum absolute atomic E-state index is 0. The molecule has 0 heterocycles. The van der Waals surface area contributed by atoms with Gasteiger partial charge in [0.25, 0.3) is 0 Å². The van der Waals surface area contributed by atoms with Crippen molar-refractivity contribution in [2.24, 2.45) is 0 Å². The van der Waals surface area contributed by atoms with Crippen LogP contribution in [0.1, 0.15) is 75.6 Å². The first-order valence-corrected chi connectivity index (χ1v) is 12.0. The van der Waals surface area contributed by atoms with Crippen LogP contribution >= 0.6 is 0 Å². The van der Waals surface area contributed by atoms with Crippen molar-refractivity contribution in [1.82, 2.24) is 0 Å². The average molecular weight is 558 g/mol. The maximum absolute atomic E-state index is 2.54. The minimum Gasteiger partial charge on any atom is -1.00 e. The fourth-order valence-corrected chi connectivity index (χ4v) is 9.70. The molecule has 2 aliphatic rings. The average Bonchev–Trinajstić information content (AvgIpc) is 3.00. The van der Waals surface area contributed by atoms with Gasteiger partial charge in [-0.15, -0.1) is 0 Å². The number of benzene rings is 1. The summed E-state index contributed by atoms with van der Waals surface area (Å²) in [6, 6.07) is 9.15. The van der Waals surface area contributed by atoms with Gasteiger partial charge >= 0.3 is 160 Å². The van der Waals surface area contributed by atoms with Crippen LogP contribution in [-0.2, 0) is 23.2 Å². The van der Waals surface area contributed by atoms with E-state index in [2.05, 4.69) is 71.9 Å². The van der Waals surface area contributed by atoms with Crippen LogP contribution in [0.2, 0.25) is 3.12 Å². The molecule has 0 bridgehead atoms. The third-order valence-electron chi connectivity index (χ3n) is 6.46. The van der Waals surface area contributed by atoms with Gasteiger partial charge in [0.15, 0.2) is 0 Å². The van der Waals surface area contributed by atoms with Crippen molar-refractivity contribution in [3.05, 3.63) is 63.3 Å². The number of hydrogen-bond donors (Lipinski definition) is 0. The predicted octanol–water partition coefficient (Wildman–Crippen LogP) is 1.27. The molecule has 0 fully saturated rings. The molecule has 0 radical (unpaired) electrons. The molecule has 0 aromatic heterocycles. The zero-order valence-electron chi connectivity index (χ0n) is 16.8. The summed E-state index contributed by atoms with van der Waals surface area (Å²) in [5.41, 5.74) is 11.3. The molecule has 1 atom stereocenters. The van der Waals surface area contributed by atoms with Gasteiger partial charge in [0.05, 0.1) is 0 Å². The Bertz CT molecular complexity index is 731. The van der Waals surface area contributed by atoms with Crippen molar-refractivity contribution in [3.8, 4) is 0 Å². The van der Waals surface area contributed by atoms with Crippen LogP contribution in [0, 0.1) is 0 Å². The van der Waals surface area contributed by atoms with E-state index in [1.165, 1.54) is 24.8 Å². The van der Waals surface area contributed by atoms with Crippen LogP contribution in [0.3, 0.4) is 0 Å². The maximum Gasteiger partial charge on any atom is -1.00 e. The normalized spacial score (nSPS) is 20.2. The van der Waals surface area contributed by atoms with E-state index in [0.717, 1.165) is 3.63 Å². The second-order valence-electron chi connectivity index (χ2n) is 7.65. The SMILES string of the molecule is CCCCC1=Cc2ccccc2[CH]1[Zr+2][C]1(C)C(C)=C(C)C(C)=C1C.[Br-].[Br-]. The van der Waals surface area contributed by atoms with E-state index in [1.54, 1.807) is 33.4 Å². The number of rotatable bonds is 5. The Labute approximate surface area is 192 Å². The number of unbranched alkanes of at least 4 members (excludes halogenated alkanes) is 1. The molecule has 0 saturated carbocycles. The standard InChI is InChI=1S/C13H15.C10H15.2BrH.Zr/c1-2-3-6-11-9-12-7-4-5-8-13(12)10-11;1-6-7(2)9(4)10(5)8(6)3;;;/h4-5,7-10H,2-3,6H2,1H3;1-5H3;2*1H;/q;;;;+2/p-2. The summed E-state index contributed by atoms with van der Waals surface area (Å²) < 4.78 is 1.13. The summed E-state index contributed by atoms with van der Waals surface area (Å²) in [5, 5.41) is 0. The van der Waals surface area contributed by atoms with Crippen LogP contribution in [0.4, 0.5) is 0 Å². The molecule has 0 spiro atoms. The number of allylic oxidation sites excluding steroid dienone is 5. The second-order valence-corrected chi connectivity index (χ2v) is 12.2. The molecule has 2 aliphatic carbocycles. The fourth-order valence-electron chi connectivity index (χ4n) is 4.25.